The first-order valence-corrected chi connectivity index (χ1v) is 18.8. The molecule has 258 valence electrons. The average molecular weight is 694 g/mol. The highest BCUT2D eigenvalue weighted by Gasteiger charge is 2.42. The molecule has 1 aliphatic heterocycles. The lowest BCUT2D eigenvalue weighted by atomic mass is 9.20. The predicted molar refractivity (Wildman–Crippen MR) is 229 cm³/mol. The number of hydrogen-bond donors (Lipinski definition) is 0. The fraction of sp³-hybridized carbons (Fsp3) is 0.102. The minimum atomic E-state index is -0.0437. The number of pyridine rings is 2. The summed E-state index contributed by atoms with van der Waals surface area (Å²) in [5.74, 6) is 1.61. The van der Waals surface area contributed by atoms with E-state index in [0.717, 1.165) is 50.5 Å². The smallest absolute Gasteiger partial charge is 0.245 e. The monoisotopic (exact) mass is 694 g/mol. The number of benzene rings is 6. The summed E-state index contributed by atoms with van der Waals surface area (Å²) in [7, 11) is 0. The molecule has 8 aromatic rings. The lowest BCUT2D eigenvalue weighted by Crippen LogP contribution is -2.76. The molecule has 3 heterocycles. The van der Waals surface area contributed by atoms with Crippen LogP contribution >= 0.6 is 0 Å². The van der Waals surface area contributed by atoms with E-state index in [2.05, 4.69) is 174 Å². The maximum atomic E-state index is 7.25. The quantitative estimate of drug-likeness (QED) is 0.168. The molecular weight excluding hydrogens is 654 g/mol. The molecule has 54 heavy (non-hydrogen) atoms. The zero-order valence-corrected chi connectivity index (χ0v) is 31.4. The van der Waals surface area contributed by atoms with Gasteiger partial charge in [-0.2, -0.15) is 0 Å². The van der Waals surface area contributed by atoms with Crippen molar-refractivity contribution in [2.75, 3.05) is 0 Å². The molecule has 0 bridgehead atoms. The molecule has 0 saturated carbocycles. The second-order valence-corrected chi connectivity index (χ2v) is 14.8. The van der Waals surface area contributed by atoms with Gasteiger partial charge < -0.3 is 4.74 Å². The van der Waals surface area contributed by atoms with Crippen molar-refractivity contribution in [3.63, 3.8) is 0 Å². The van der Waals surface area contributed by atoms with Gasteiger partial charge in [-0.15, -0.1) is 0 Å². The average Bonchev–Trinajstić information content (AvgIpc) is 3.18. The number of aryl methyl sites for hydroxylation is 5. The number of hydrogen-bond acceptors (Lipinski definition) is 3. The van der Waals surface area contributed by atoms with Gasteiger partial charge in [0.1, 0.15) is 11.5 Å². The first kappa shape index (κ1) is 33.6. The maximum absolute atomic E-state index is 7.25. The van der Waals surface area contributed by atoms with Crippen molar-refractivity contribution in [2.45, 2.75) is 34.6 Å². The Morgan fingerprint density at radius 1 is 0.444 bits per heavy atom. The zero-order valence-electron chi connectivity index (χ0n) is 31.4. The van der Waals surface area contributed by atoms with Crippen LogP contribution in [0.15, 0.2) is 152 Å². The van der Waals surface area contributed by atoms with Crippen molar-refractivity contribution >= 4 is 57.0 Å². The summed E-state index contributed by atoms with van der Waals surface area (Å²) in [4.78, 5) is 9.89. The van der Waals surface area contributed by atoms with Crippen molar-refractivity contribution in [1.82, 2.24) is 9.97 Å². The number of rotatable bonds is 6. The van der Waals surface area contributed by atoms with Gasteiger partial charge in [-0.25, -0.2) is 0 Å². The molecule has 0 unspecified atom stereocenters. The normalized spacial score (nSPS) is 12.1. The SMILES string of the molecule is Cc1cccc(-c2cc(Oc3cccc(-c4cc5ccccc5cn4)c3)c3c(c2)B(c2c(C)cccc2C)c2ccccc2B3c2c(C)cccc2C)n1. The molecule has 6 aromatic carbocycles. The standard InChI is InChI=1S/C49H40B2N2O/c1-31-14-10-15-32(2)47(31)50-41-23-8-9-24-42(41)51(48-33(3)16-11-17-34(48)4)49-43(50)27-39(44-25-12-18-35(5)53-44)29-46(49)54-40-22-13-21-37(26-40)45-28-36-19-6-7-20-38(36)30-52-45/h6-30H,1-5H3. The molecule has 0 N–H and O–H groups in total. The van der Waals surface area contributed by atoms with Gasteiger partial charge in [-0.1, -0.05) is 159 Å². The van der Waals surface area contributed by atoms with E-state index in [1.54, 1.807) is 0 Å². The third-order valence-electron chi connectivity index (χ3n) is 11.2. The first-order valence-electron chi connectivity index (χ1n) is 18.8. The Hall–Kier alpha value is -6.19. The minimum Gasteiger partial charge on any atom is -0.458 e. The Labute approximate surface area is 318 Å². The molecule has 0 aliphatic carbocycles. The van der Waals surface area contributed by atoms with E-state index in [4.69, 9.17) is 14.7 Å². The van der Waals surface area contributed by atoms with Gasteiger partial charge in [0.05, 0.1) is 11.4 Å². The topological polar surface area (TPSA) is 35.0 Å². The highest BCUT2D eigenvalue weighted by Crippen LogP contribution is 2.31. The van der Waals surface area contributed by atoms with Crippen LogP contribution in [0, 0.1) is 34.6 Å². The van der Waals surface area contributed by atoms with Crippen LogP contribution in [0.2, 0.25) is 0 Å². The van der Waals surface area contributed by atoms with E-state index in [0.29, 0.717) is 0 Å². The minimum absolute atomic E-state index is 0.00165. The van der Waals surface area contributed by atoms with Crippen LogP contribution in [0.25, 0.3) is 33.3 Å². The third-order valence-corrected chi connectivity index (χ3v) is 11.2. The fourth-order valence-electron chi connectivity index (χ4n) is 8.76. The van der Waals surface area contributed by atoms with E-state index in [1.165, 1.54) is 55.0 Å². The van der Waals surface area contributed by atoms with Gasteiger partial charge in [0.25, 0.3) is 0 Å². The molecule has 2 aromatic heterocycles. The summed E-state index contributed by atoms with van der Waals surface area (Å²) in [5, 5.41) is 2.28. The molecule has 1 aliphatic rings. The van der Waals surface area contributed by atoms with Gasteiger partial charge in [0.2, 0.25) is 13.4 Å². The third kappa shape index (κ3) is 5.90. The molecule has 0 fully saturated rings. The van der Waals surface area contributed by atoms with Crippen LogP contribution in [0.1, 0.15) is 27.9 Å². The van der Waals surface area contributed by atoms with E-state index in [-0.39, 0.29) is 13.4 Å². The van der Waals surface area contributed by atoms with Crippen LogP contribution in [0.3, 0.4) is 0 Å². The lowest BCUT2D eigenvalue weighted by molar-refractivity contribution is 0.487. The van der Waals surface area contributed by atoms with Crippen LogP contribution in [-0.2, 0) is 0 Å². The molecule has 9 rings (SSSR count). The molecular formula is C49H40B2N2O. The Kier molecular flexibility index (Phi) is 8.51. The van der Waals surface area contributed by atoms with E-state index in [9.17, 15) is 0 Å². The summed E-state index contributed by atoms with van der Waals surface area (Å²) < 4.78 is 7.25. The van der Waals surface area contributed by atoms with Crippen molar-refractivity contribution in [2.24, 2.45) is 0 Å². The van der Waals surface area contributed by atoms with Crippen LogP contribution < -0.4 is 37.5 Å². The Bertz CT molecular complexity index is 2700. The molecule has 0 spiro atoms. The largest absolute Gasteiger partial charge is 0.458 e. The Morgan fingerprint density at radius 2 is 1.06 bits per heavy atom. The molecule has 3 nitrogen and oxygen atoms in total. The molecule has 0 radical (unpaired) electrons. The lowest BCUT2D eigenvalue weighted by Gasteiger charge is -2.36. The van der Waals surface area contributed by atoms with Crippen molar-refractivity contribution in [3.05, 3.63) is 180 Å². The number of nitrogens with zero attached hydrogens (tertiary/aromatic N) is 2. The van der Waals surface area contributed by atoms with Gasteiger partial charge in [0.15, 0.2) is 0 Å². The zero-order chi connectivity index (χ0) is 36.9. The summed E-state index contributed by atoms with van der Waals surface area (Å²) >= 11 is 0. The van der Waals surface area contributed by atoms with Gasteiger partial charge >= 0.3 is 0 Å². The van der Waals surface area contributed by atoms with Gasteiger partial charge in [0, 0.05) is 28.4 Å². The van der Waals surface area contributed by atoms with E-state index < -0.39 is 0 Å². The van der Waals surface area contributed by atoms with E-state index in [1.807, 2.05) is 12.3 Å². The summed E-state index contributed by atoms with van der Waals surface area (Å²) in [6, 6.07) is 52.1. The number of ether oxygens (including phenoxy) is 1. The second kappa shape index (κ2) is 13.7. The highest BCUT2D eigenvalue weighted by molar-refractivity contribution is 7.12. The molecule has 0 saturated heterocycles. The van der Waals surface area contributed by atoms with Crippen molar-refractivity contribution < 1.29 is 4.74 Å². The van der Waals surface area contributed by atoms with Gasteiger partial charge in [-0.3, -0.25) is 9.97 Å². The Morgan fingerprint density at radius 3 is 1.76 bits per heavy atom. The number of fused-ring (bicyclic) bond motifs is 3. The number of aromatic nitrogens is 2. The van der Waals surface area contributed by atoms with Crippen LogP contribution in [0.4, 0.5) is 0 Å². The molecule has 0 amide bonds. The molecule has 0 atom stereocenters. The van der Waals surface area contributed by atoms with Crippen molar-refractivity contribution in [3.8, 4) is 34.0 Å². The van der Waals surface area contributed by atoms with Crippen molar-refractivity contribution in [1.29, 1.82) is 0 Å². The summed E-state index contributed by atoms with van der Waals surface area (Å²) in [6.07, 6.45) is 1.95. The fourth-order valence-corrected chi connectivity index (χ4v) is 8.76. The maximum Gasteiger partial charge on any atom is 0.245 e. The summed E-state index contributed by atoms with van der Waals surface area (Å²) in [6.45, 7) is 11.0. The highest BCUT2D eigenvalue weighted by atomic mass is 16.5. The molecule has 5 heteroatoms. The first-order chi connectivity index (χ1) is 26.3. The predicted octanol–water partition coefficient (Wildman–Crippen LogP) is 7.64. The summed E-state index contributed by atoms with van der Waals surface area (Å²) in [5.41, 5.74) is 17.7. The van der Waals surface area contributed by atoms with E-state index >= 15 is 0 Å². The van der Waals surface area contributed by atoms with Crippen LogP contribution in [-0.4, -0.2) is 23.4 Å². The second-order valence-electron chi connectivity index (χ2n) is 14.8. The van der Waals surface area contributed by atoms with Crippen LogP contribution in [0.5, 0.6) is 11.5 Å². The Balaban J connectivity index is 1.33. The van der Waals surface area contributed by atoms with Gasteiger partial charge in [-0.05, 0) is 81.9 Å².